The fourth-order valence-corrected chi connectivity index (χ4v) is 3.88. The van der Waals surface area contributed by atoms with E-state index in [9.17, 15) is 15.0 Å². The Labute approximate surface area is 161 Å². The smallest absolute Gasteiger partial charge is 0.371 e. The molecule has 142 valence electrons. The van der Waals surface area contributed by atoms with E-state index in [1.807, 2.05) is 36.4 Å². The van der Waals surface area contributed by atoms with Gasteiger partial charge in [-0.15, -0.1) is 0 Å². The zero-order chi connectivity index (χ0) is 19.7. The van der Waals surface area contributed by atoms with Gasteiger partial charge in [0.1, 0.15) is 5.75 Å². The largest absolute Gasteiger partial charge is 0.507 e. The second-order valence-corrected chi connectivity index (χ2v) is 6.86. The van der Waals surface area contributed by atoms with Crippen LogP contribution in [0, 0.1) is 0 Å². The van der Waals surface area contributed by atoms with E-state index in [1.165, 1.54) is 18.4 Å². The average molecular weight is 376 g/mol. The van der Waals surface area contributed by atoms with Gasteiger partial charge in [0, 0.05) is 5.39 Å². The number of carboxylic acids is 1. The predicted molar refractivity (Wildman–Crippen MR) is 107 cm³/mol. The molecule has 1 aromatic heterocycles. The topological polar surface area (TPSA) is 90.9 Å². The van der Waals surface area contributed by atoms with Crippen LogP contribution < -0.4 is 0 Å². The minimum Gasteiger partial charge on any atom is -0.507 e. The molecule has 5 rings (SSSR count). The van der Waals surface area contributed by atoms with E-state index in [4.69, 9.17) is 5.11 Å². The van der Waals surface area contributed by atoms with Crippen LogP contribution in [-0.4, -0.2) is 21.3 Å². The van der Waals surface area contributed by atoms with Crippen molar-refractivity contribution in [2.24, 2.45) is 0 Å². The lowest BCUT2D eigenvalue weighted by Crippen LogP contribution is -2.09. The maximum Gasteiger partial charge on any atom is 0.371 e. The summed E-state index contributed by atoms with van der Waals surface area (Å²) in [5.74, 6) is -0.732. The lowest BCUT2D eigenvalue weighted by Gasteiger charge is -2.23. The zero-order valence-electron chi connectivity index (χ0n) is 15.1. The van der Waals surface area contributed by atoms with E-state index in [2.05, 4.69) is 10.5 Å². The van der Waals surface area contributed by atoms with Crippen molar-refractivity contribution < 1.29 is 24.5 Å². The maximum atomic E-state index is 10.4. The fraction of sp³-hybridized carbons (Fsp3) is 0.174. The van der Waals surface area contributed by atoms with Crippen LogP contribution in [0.1, 0.15) is 40.6 Å². The summed E-state index contributed by atoms with van der Waals surface area (Å²) in [7, 11) is 0. The SMILES string of the molecule is O=C(O)c1ccco1.Oc1cc2ccccc2c2ccc3c(c12)CCCC3O. The van der Waals surface area contributed by atoms with Gasteiger partial charge in [0.15, 0.2) is 0 Å². The van der Waals surface area contributed by atoms with E-state index in [0.29, 0.717) is 5.75 Å². The molecular weight excluding hydrogens is 356 g/mol. The molecule has 28 heavy (non-hydrogen) atoms. The number of rotatable bonds is 1. The highest BCUT2D eigenvalue weighted by atomic mass is 16.4. The number of carboxylic acid groups (broad SMARTS) is 1. The lowest BCUT2D eigenvalue weighted by atomic mass is 9.84. The highest BCUT2D eigenvalue weighted by Crippen LogP contribution is 2.41. The Balaban J connectivity index is 0.000000203. The number of aromatic hydroxyl groups is 1. The zero-order valence-corrected chi connectivity index (χ0v) is 15.1. The fourth-order valence-electron chi connectivity index (χ4n) is 3.88. The van der Waals surface area contributed by atoms with E-state index in [0.717, 1.165) is 51.9 Å². The van der Waals surface area contributed by atoms with Gasteiger partial charge in [-0.2, -0.15) is 0 Å². The van der Waals surface area contributed by atoms with Crippen molar-refractivity contribution in [2.75, 3.05) is 0 Å². The molecule has 0 radical (unpaired) electrons. The summed E-state index contributed by atoms with van der Waals surface area (Å²) in [6.45, 7) is 0. The van der Waals surface area contributed by atoms with Gasteiger partial charge in [0.05, 0.1) is 12.4 Å². The first-order chi connectivity index (χ1) is 13.6. The van der Waals surface area contributed by atoms with Gasteiger partial charge in [0.2, 0.25) is 5.76 Å². The van der Waals surface area contributed by atoms with Crippen LogP contribution in [-0.2, 0) is 6.42 Å². The third-order valence-corrected chi connectivity index (χ3v) is 5.14. The summed E-state index contributed by atoms with van der Waals surface area (Å²) in [6.07, 6.45) is 3.64. The molecule has 3 N–H and O–H groups in total. The summed E-state index contributed by atoms with van der Waals surface area (Å²) in [4.78, 5) is 9.97. The number of furan rings is 1. The summed E-state index contributed by atoms with van der Waals surface area (Å²) in [6, 6.07) is 16.9. The standard InChI is InChI=1S/C18H16O2.C5H4O3/c19-16-7-3-6-14-13(16)8-9-15-12-5-2-1-4-11(12)10-17(20)18(14)15;6-5(7)4-2-1-3-8-4/h1-2,4-5,8-10,16,19-20H,3,6-7H2;1-3H,(H,6,7). The number of carbonyl (C=O) groups is 1. The van der Waals surface area contributed by atoms with Crippen LogP contribution in [0.15, 0.2) is 65.3 Å². The van der Waals surface area contributed by atoms with Crippen molar-refractivity contribution in [3.05, 3.63) is 77.7 Å². The second-order valence-electron chi connectivity index (χ2n) is 6.86. The molecule has 3 aromatic carbocycles. The Kier molecular flexibility index (Phi) is 4.75. The molecule has 0 saturated carbocycles. The van der Waals surface area contributed by atoms with E-state index >= 15 is 0 Å². The second kappa shape index (κ2) is 7.37. The minimum atomic E-state index is -1.03. The van der Waals surface area contributed by atoms with Crippen molar-refractivity contribution in [2.45, 2.75) is 25.4 Å². The Bertz CT molecular complexity index is 1140. The number of aryl methyl sites for hydroxylation is 1. The first-order valence-corrected chi connectivity index (χ1v) is 9.17. The molecule has 0 saturated heterocycles. The first-order valence-electron chi connectivity index (χ1n) is 9.17. The van der Waals surface area contributed by atoms with Gasteiger partial charge < -0.3 is 19.7 Å². The molecule has 0 fully saturated rings. The predicted octanol–water partition coefficient (Wildman–Crippen LogP) is 5.05. The molecule has 1 heterocycles. The number of phenolic OH excluding ortho intramolecular Hbond substituents is 1. The lowest BCUT2D eigenvalue weighted by molar-refractivity contribution is 0.0662. The maximum absolute atomic E-state index is 10.4. The Hall–Kier alpha value is -3.31. The quantitative estimate of drug-likeness (QED) is 0.405. The molecule has 5 heteroatoms. The first kappa shape index (κ1) is 18.1. The van der Waals surface area contributed by atoms with Crippen molar-refractivity contribution in [3.63, 3.8) is 0 Å². The van der Waals surface area contributed by atoms with Crippen molar-refractivity contribution >= 4 is 27.5 Å². The summed E-state index contributed by atoms with van der Waals surface area (Å²) >= 11 is 0. The highest BCUT2D eigenvalue weighted by molar-refractivity contribution is 6.11. The van der Waals surface area contributed by atoms with E-state index < -0.39 is 12.1 Å². The number of phenols is 1. The third kappa shape index (κ3) is 3.21. The molecular formula is C23H20O5. The molecule has 1 atom stereocenters. The Morgan fingerprint density at radius 1 is 1.04 bits per heavy atom. The van der Waals surface area contributed by atoms with Crippen LogP contribution in [0.4, 0.5) is 0 Å². The van der Waals surface area contributed by atoms with Gasteiger partial charge in [0.25, 0.3) is 0 Å². The molecule has 1 aliphatic rings. The van der Waals surface area contributed by atoms with Gasteiger partial charge in [-0.1, -0.05) is 36.4 Å². The molecule has 0 aliphatic heterocycles. The van der Waals surface area contributed by atoms with Crippen molar-refractivity contribution in [3.8, 4) is 5.75 Å². The molecule has 1 unspecified atom stereocenters. The molecule has 1 aliphatic carbocycles. The number of aliphatic hydroxyl groups is 1. The summed E-state index contributed by atoms with van der Waals surface area (Å²) in [5.41, 5.74) is 2.10. The molecule has 4 aromatic rings. The number of aliphatic hydroxyl groups excluding tert-OH is 1. The van der Waals surface area contributed by atoms with Gasteiger partial charge in [-0.3, -0.25) is 0 Å². The monoisotopic (exact) mass is 376 g/mol. The van der Waals surface area contributed by atoms with E-state index in [-0.39, 0.29) is 5.76 Å². The van der Waals surface area contributed by atoms with E-state index in [1.54, 1.807) is 0 Å². The summed E-state index contributed by atoms with van der Waals surface area (Å²) in [5, 5.41) is 33.0. The summed E-state index contributed by atoms with van der Waals surface area (Å²) < 4.78 is 4.50. The molecule has 0 spiro atoms. The van der Waals surface area contributed by atoms with Gasteiger partial charge in [-0.25, -0.2) is 4.79 Å². The van der Waals surface area contributed by atoms with Crippen LogP contribution in [0.25, 0.3) is 21.5 Å². The average Bonchev–Trinajstić information content (AvgIpc) is 3.24. The van der Waals surface area contributed by atoms with Gasteiger partial charge in [-0.05, 0) is 64.7 Å². The number of benzene rings is 3. The molecule has 0 amide bonds. The molecule has 5 nitrogen and oxygen atoms in total. The highest BCUT2D eigenvalue weighted by Gasteiger charge is 2.21. The number of aromatic carboxylic acids is 1. The van der Waals surface area contributed by atoms with Crippen LogP contribution in [0.3, 0.4) is 0 Å². The normalized spacial score (nSPS) is 15.7. The van der Waals surface area contributed by atoms with Gasteiger partial charge >= 0.3 is 5.97 Å². The van der Waals surface area contributed by atoms with Crippen LogP contribution in [0.2, 0.25) is 0 Å². The number of hydrogen-bond donors (Lipinski definition) is 3. The van der Waals surface area contributed by atoms with Crippen LogP contribution >= 0.6 is 0 Å². The van der Waals surface area contributed by atoms with Crippen LogP contribution in [0.5, 0.6) is 5.75 Å². The van der Waals surface area contributed by atoms with Crippen molar-refractivity contribution in [1.82, 2.24) is 0 Å². The van der Waals surface area contributed by atoms with Crippen molar-refractivity contribution in [1.29, 1.82) is 0 Å². The molecule has 0 bridgehead atoms. The third-order valence-electron chi connectivity index (χ3n) is 5.14. The minimum absolute atomic E-state index is 0.0231. The number of hydrogen-bond acceptors (Lipinski definition) is 4. The number of fused-ring (bicyclic) bond motifs is 5. The Morgan fingerprint density at radius 3 is 2.57 bits per heavy atom. The Morgan fingerprint density at radius 2 is 1.86 bits per heavy atom.